The number of pyridine rings is 2. The molecule has 0 aliphatic heterocycles. The van der Waals surface area contributed by atoms with Crippen LogP contribution in [0.5, 0.6) is 0 Å². The lowest BCUT2D eigenvalue weighted by molar-refractivity contribution is -0.697. The topological polar surface area (TPSA) is 84.0 Å². The Labute approximate surface area is 262 Å². The van der Waals surface area contributed by atoms with E-state index in [1.54, 1.807) is 0 Å². The van der Waals surface area contributed by atoms with Gasteiger partial charge in [-0.1, -0.05) is 81.8 Å². The highest BCUT2D eigenvalue weighted by Crippen LogP contribution is 2.11. The predicted octanol–water partition coefficient (Wildman–Crippen LogP) is 9.52. The fraction of sp³-hybridized carbons (Fsp3) is 0.722. The lowest BCUT2D eigenvalue weighted by Crippen LogP contribution is -2.33. The van der Waals surface area contributed by atoms with Crippen molar-refractivity contribution in [1.82, 2.24) is 4.98 Å². The Morgan fingerprint density at radius 2 is 1.16 bits per heavy atom. The van der Waals surface area contributed by atoms with Gasteiger partial charge in [-0.05, 0) is 74.6 Å². The van der Waals surface area contributed by atoms with Gasteiger partial charge in [0.25, 0.3) is 0 Å². The number of aromatic nitrogens is 2. The summed E-state index contributed by atoms with van der Waals surface area (Å²) < 4.78 is 14.0. The summed E-state index contributed by atoms with van der Waals surface area (Å²) in [6.07, 6.45) is 32.9. The fourth-order valence-corrected chi connectivity index (χ4v) is 5.42. The normalized spacial score (nSPS) is 11.1. The second kappa shape index (κ2) is 28.3. The number of hydrogen-bond donors (Lipinski definition) is 0. The van der Waals surface area contributed by atoms with Gasteiger partial charge in [0, 0.05) is 68.3 Å². The van der Waals surface area contributed by atoms with E-state index in [2.05, 4.69) is 50.2 Å². The molecule has 2 aromatic rings. The van der Waals surface area contributed by atoms with Crippen LogP contribution in [0.2, 0.25) is 0 Å². The Morgan fingerprint density at radius 3 is 1.77 bits per heavy atom. The first-order valence-electron chi connectivity index (χ1n) is 17.4. The van der Waals surface area contributed by atoms with Crippen molar-refractivity contribution < 1.29 is 14.0 Å². The van der Waals surface area contributed by atoms with E-state index in [4.69, 9.17) is 15.0 Å². The number of ether oxygens (including phenoxy) is 2. The molecule has 0 unspecified atom stereocenters. The maximum absolute atomic E-state index is 8.26. The van der Waals surface area contributed by atoms with Crippen molar-refractivity contribution in [2.45, 2.75) is 135 Å². The van der Waals surface area contributed by atoms with Crippen molar-refractivity contribution in [1.29, 1.82) is 0 Å². The molecule has 0 bridgehead atoms. The lowest BCUT2D eigenvalue weighted by atomic mass is 10.1. The summed E-state index contributed by atoms with van der Waals surface area (Å²) >= 11 is 0. The number of aryl methyl sites for hydroxylation is 3. The van der Waals surface area contributed by atoms with Crippen LogP contribution in [0, 0.1) is 0 Å². The second-order valence-corrected chi connectivity index (χ2v) is 11.9. The number of unbranched alkanes of at least 4 members (excludes halogenated alkanes) is 14. The van der Waals surface area contributed by atoms with E-state index in [0.717, 1.165) is 65.1 Å². The lowest BCUT2D eigenvalue weighted by Gasteiger charge is -2.05. The molecule has 2 aromatic heterocycles. The van der Waals surface area contributed by atoms with Gasteiger partial charge in [0.15, 0.2) is 12.4 Å². The van der Waals surface area contributed by atoms with Crippen LogP contribution in [0.4, 0.5) is 0 Å². The highest BCUT2D eigenvalue weighted by Gasteiger charge is 2.04. The summed E-state index contributed by atoms with van der Waals surface area (Å²) in [6, 6.07) is 8.58. The van der Waals surface area contributed by atoms with Crippen LogP contribution in [-0.4, -0.2) is 38.0 Å². The molecule has 0 saturated heterocycles. The van der Waals surface area contributed by atoms with Crippen molar-refractivity contribution in [3.05, 3.63) is 70.6 Å². The van der Waals surface area contributed by atoms with Gasteiger partial charge in [-0.25, -0.2) is 4.57 Å². The average Bonchev–Trinajstić information content (AvgIpc) is 3.04. The quantitative estimate of drug-likeness (QED) is 0.0297. The molecule has 0 radical (unpaired) electrons. The van der Waals surface area contributed by atoms with Gasteiger partial charge in [-0.2, -0.15) is 0 Å². The maximum atomic E-state index is 8.26. The van der Waals surface area contributed by atoms with E-state index in [0.29, 0.717) is 6.54 Å². The van der Waals surface area contributed by atoms with Gasteiger partial charge in [0.2, 0.25) is 0 Å². The van der Waals surface area contributed by atoms with Crippen molar-refractivity contribution in [2.24, 2.45) is 5.11 Å². The minimum absolute atomic E-state index is 0.645. The third kappa shape index (κ3) is 22.7. The molecule has 0 aliphatic carbocycles. The molecule has 0 aliphatic rings. The van der Waals surface area contributed by atoms with Gasteiger partial charge < -0.3 is 9.47 Å². The third-order valence-electron chi connectivity index (χ3n) is 7.97. The van der Waals surface area contributed by atoms with Crippen LogP contribution in [0.25, 0.3) is 10.4 Å². The molecular weight excluding hydrogens is 534 g/mol. The van der Waals surface area contributed by atoms with Crippen LogP contribution in [0.3, 0.4) is 0 Å². The molecule has 2 rings (SSSR count). The fourth-order valence-electron chi connectivity index (χ4n) is 5.42. The number of hydrogen-bond acceptors (Lipinski definition) is 4. The van der Waals surface area contributed by atoms with Gasteiger partial charge >= 0.3 is 0 Å². The minimum atomic E-state index is 0.645. The number of rotatable bonds is 30. The Balaban J connectivity index is 1.31. The van der Waals surface area contributed by atoms with E-state index in [1.165, 1.54) is 107 Å². The SMILES string of the molecule is [N-]=[N+]=NCCCCCCCCCCOCCCc1ccc[n+](CCCCCCCCCCOCCCc2cccnc2)c1. The van der Waals surface area contributed by atoms with Gasteiger partial charge in [-0.15, -0.1) is 0 Å². The van der Waals surface area contributed by atoms with Gasteiger partial charge in [0.1, 0.15) is 6.54 Å². The molecule has 0 N–H and O–H groups in total. The van der Waals surface area contributed by atoms with E-state index in [1.807, 2.05) is 18.5 Å². The maximum Gasteiger partial charge on any atom is 0.171 e. The van der Waals surface area contributed by atoms with Crippen molar-refractivity contribution in [3.8, 4) is 0 Å². The third-order valence-corrected chi connectivity index (χ3v) is 7.97. The predicted molar refractivity (Wildman–Crippen MR) is 177 cm³/mol. The van der Waals surface area contributed by atoms with Gasteiger partial charge in [0.05, 0.1) is 0 Å². The number of azide groups is 1. The van der Waals surface area contributed by atoms with E-state index in [-0.39, 0.29) is 0 Å². The molecule has 2 heterocycles. The van der Waals surface area contributed by atoms with Crippen molar-refractivity contribution >= 4 is 0 Å². The highest BCUT2D eigenvalue weighted by atomic mass is 16.5. The zero-order valence-corrected chi connectivity index (χ0v) is 27.1. The van der Waals surface area contributed by atoms with Crippen molar-refractivity contribution in [3.63, 3.8) is 0 Å². The van der Waals surface area contributed by atoms with Crippen LogP contribution < -0.4 is 4.57 Å². The molecule has 0 spiro atoms. The molecule has 7 heteroatoms. The van der Waals surface area contributed by atoms with E-state index >= 15 is 0 Å². The summed E-state index contributed by atoms with van der Waals surface area (Å²) in [5.41, 5.74) is 11.0. The first kappa shape index (κ1) is 36.7. The summed E-state index contributed by atoms with van der Waals surface area (Å²) in [5, 5.41) is 3.58. The van der Waals surface area contributed by atoms with Crippen LogP contribution in [-0.2, 0) is 28.9 Å². The zero-order valence-electron chi connectivity index (χ0n) is 27.1. The minimum Gasteiger partial charge on any atom is -0.381 e. The molecular formula is C36H60N5O2+. The number of nitrogens with zero attached hydrogens (tertiary/aromatic N) is 5. The molecule has 43 heavy (non-hydrogen) atoms. The summed E-state index contributed by atoms with van der Waals surface area (Å²) in [7, 11) is 0. The molecule has 0 aromatic carbocycles. The molecule has 0 fully saturated rings. The Hall–Kier alpha value is -2.47. The molecule has 0 atom stereocenters. The van der Waals surface area contributed by atoms with Crippen molar-refractivity contribution in [2.75, 3.05) is 33.0 Å². The summed E-state index contributed by atoms with van der Waals surface area (Å²) in [5.74, 6) is 0. The first-order valence-corrected chi connectivity index (χ1v) is 17.4. The second-order valence-electron chi connectivity index (χ2n) is 11.9. The van der Waals surface area contributed by atoms with E-state index < -0.39 is 0 Å². The highest BCUT2D eigenvalue weighted by molar-refractivity contribution is 5.08. The van der Waals surface area contributed by atoms with Gasteiger partial charge in [-0.3, -0.25) is 4.98 Å². The molecule has 0 amide bonds. The Kier molecular flexibility index (Phi) is 24.2. The molecule has 7 nitrogen and oxygen atoms in total. The molecule has 0 saturated carbocycles. The standard InChI is InChI=1S/C36H60N5O2/c37-40-39-26-13-9-5-1-3-7-11-16-30-43-32-20-24-36-22-18-28-41(34-36)27-14-10-6-2-4-8-12-15-29-42-31-19-23-35-21-17-25-38-33-35/h17-18,21-22,25,28,33-34H,1-16,19-20,23-24,26-27,29-32H2/q+1. The van der Waals surface area contributed by atoms with E-state index in [9.17, 15) is 0 Å². The molecule has 240 valence electrons. The van der Waals surface area contributed by atoms with Crippen LogP contribution >= 0.6 is 0 Å². The largest absolute Gasteiger partial charge is 0.381 e. The first-order chi connectivity index (χ1) is 21.4. The van der Waals surface area contributed by atoms with Crippen LogP contribution in [0.15, 0.2) is 54.2 Å². The zero-order chi connectivity index (χ0) is 30.3. The summed E-state index contributed by atoms with van der Waals surface area (Å²) in [4.78, 5) is 6.95. The van der Waals surface area contributed by atoms with Crippen LogP contribution in [0.1, 0.15) is 127 Å². The Morgan fingerprint density at radius 1 is 0.628 bits per heavy atom. The summed E-state index contributed by atoms with van der Waals surface area (Å²) in [6.45, 7) is 5.28. The Bertz CT molecular complexity index is 936. The monoisotopic (exact) mass is 594 g/mol. The average molecular weight is 595 g/mol. The smallest absolute Gasteiger partial charge is 0.171 e.